The number of ether oxygens (including phenoxy) is 4. The van der Waals surface area contributed by atoms with Crippen LogP contribution in [-0.2, 0) is 4.79 Å². The van der Waals surface area contributed by atoms with Gasteiger partial charge in [0, 0.05) is 11.6 Å². The molecule has 0 radical (unpaired) electrons. The summed E-state index contributed by atoms with van der Waals surface area (Å²) in [6.45, 7) is 3.98. The third kappa shape index (κ3) is 5.19. The van der Waals surface area contributed by atoms with Gasteiger partial charge in [-0.15, -0.1) is 0 Å². The van der Waals surface area contributed by atoms with Crippen LogP contribution >= 0.6 is 0 Å². The first-order valence-corrected chi connectivity index (χ1v) is 8.99. The summed E-state index contributed by atoms with van der Waals surface area (Å²) in [5.41, 5.74) is 5.77. The summed E-state index contributed by atoms with van der Waals surface area (Å²) in [5.74, 6) is 1.29. The molecule has 29 heavy (non-hydrogen) atoms. The Bertz CT molecular complexity index is 939. The minimum atomic E-state index is -0.484. The monoisotopic (exact) mass is 398 g/mol. The van der Waals surface area contributed by atoms with Crippen molar-refractivity contribution in [2.24, 2.45) is 0 Å². The highest BCUT2D eigenvalue weighted by atomic mass is 16.7. The van der Waals surface area contributed by atoms with Crippen molar-refractivity contribution in [2.45, 2.75) is 20.0 Å². The molecule has 2 aromatic rings. The van der Waals surface area contributed by atoms with Crippen molar-refractivity contribution in [1.29, 1.82) is 0 Å². The van der Waals surface area contributed by atoms with Crippen molar-refractivity contribution in [1.82, 2.24) is 10.9 Å². The van der Waals surface area contributed by atoms with Crippen LogP contribution in [0.2, 0.25) is 0 Å². The summed E-state index contributed by atoms with van der Waals surface area (Å²) in [6, 6.07) is 10.1. The molecule has 0 saturated carbocycles. The smallest absolute Gasteiger partial charge is 0.269 e. The van der Waals surface area contributed by atoms with E-state index in [1.165, 1.54) is 13.2 Å². The lowest BCUT2D eigenvalue weighted by molar-refractivity contribution is -0.117. The van der Waals surface area contributed by atoms with Gasteiger partial charge in [-0.3, -0.25) is 20.4 Å². The highest BCUT2D eigenvalue weighted by Crippen LogP contribution is 2.32. The van der Waals surface area contributed by atoms with E-state index in [0.29, 0.717) is 28.6 Å². The number of amides is 2. The van der Waals surface area contributed by atoms with Crippen LogP contribution in [0, 0.1) is 0 Å². The molecule has 3 rings (SSSR count). The van der Waals surface area contributed by atoms with Gasteiger partial charge in [0.2, 0.25) is 6.79 Å². The number of hydrogen-bond donors (Lipinski definition) is 2. The van der Waals surface area contributed by atoms with Crippen molar-refractivity contribution in [2.75, 3.05) is 13.9 Å². The maximum absolute atomic E-state index is 12.3. The molecule has 2 N–H and O–H groups in total. The molecule has 2 amide bonds. The van der Waals surface area contributed by atoms with Crippen LogP contribution in [0.3, 0.4) is 0 Å². The van der Waals surface area contributed by atoms with Crippen LogP contribution in [0.25, 0.3) is 6.08 Å². The molecule has 0 unspecified atom stereocenters. The molecule has 0 aliphatic carbocycles. The fourth-order valence-electron chi connectivity index (χ4n) is 2.58. The molecule has 0 saturated heterocycles. The van der Waals surface area contributed by atoms with E-state index in [1.54, 1.807) is 42.5 Å². The normalized spacial score (nSPS) is 12.1. The van der Waals surface area contributed by atoms with Crippen LogP contribution in [0.1, 0.15) is 29.8 Å². The minimum Gasteiger partial charge on any atom is -0.493 e. The van der Waals surface area contributed by atoms with E-state index in [2.05, 4.69) is 10.9 Å². The highest BCUT2D eigenvalue weighted by Gasteiger charge is 2.13. The largest absolute Gasteiger partial charge is 0.493 e. The second kappa shape index (κ2) is 9.01. The molecular weight excluding hydrogens is 376 g/mol. The SMILES string of the molecule is COc1cc(C(=O)NNC(=O)/C=C/c2ccc3c(c2)OCO3)ccc1OC(C)C. The molecule has 8 heteroatoms. The fourth-order valence-corrected chi connectivity index (χ4v) is 2.58. The van der Waals surface area contributed by atoms with Gasteiger partial charge in [0.05, 0.1) is 13.2 Å². The molecule has 0 fully saturated rings. The van der Waals surface area contributed by atoms with E-state index in [0.717, 1.165) is 5.56 Å². The van der Waals surface area contributed by atoms with Crippen LogP contribution < -0.4 is 29.8 Å². The Hall–Kier alpha value is -3.68. The first kappa shape index (κ1) is 20.1. The van der Waals surface area contributed by atoms with E-state index < -0.39 is 11.8 Å². The zero-order valence-corrected chi connectivity index (χ0v) is 16.4. The predicted octanol–water partition coefficient (Wildman–Crippen LogP) is 2.69. The van der Waals surface area contributed by atoms with E-state index in [1.807, 2.05) is 13.8 Å². The molecule has 2 aromatic carbocycles. The van der Waals surface area contributed by atoms with Gasteiger partial charge < -0.3 is 18.9 Å². The molecule has 1 aliphatic rings. The number of fused-ring (bicyclic) bond motifs is 1. The first-order chi connectivity index (χ1) is 14.0. The second-order valence-corrected chi connectivity index (χ2v) is 6.42. The number of rotatable bonds is 6. The van der Waals surface area contributed by atoms with Gasteiger partial charge in [0.25, 0.3) is 11.8 Å². The maximum Gasteiger partial charge on any atom is 0.269 e. The average molecular weight is 398 g/mol. The molecule has 1 aliphatic heterocycles. The quantitative estimate of drug-likeness (QED) is 0.574. The van der Waals surface area contributed by atoms with Crippen LogP contribution in [0.5, 0.6) is 23.0 Å². The lowest BCUT2D eigenvalue weighted by Gasteiger charge is -2.14. The minimum absolute atomic E-state index is 0.0283. The number of carbonyl (C=O) groups is 2. The molecule has 152 valence electrons. The summed E-state index contributed by atoms with van der Waals surface area (Å²) < 4.78 is 21.4. The third-order valence-electron chi connectivity index (χ3n) is 3.91. The lowest BCUT2D eigenvalue weighted by atomic mass is 10.2. The number of benzene rings is 2. The van der Waals surface area contributed by atoms with Crippen LogP contribution in [0.15, 0.2) is 42.5 Å². The van der Waals surface area contributed by atoms with E-state index >= 15 is 0 Å². The first-order valence-electron chi connectivity index (χ1n) is 8.99. The highest BCUT2D eigenvalue weighted by molar-refractivity contribution is 5.98. The number of hydrazine groups is 1. The topological polar surface area (TPSA) is 95.1 Å². The summed E-state index contributed by atoms with van der Waals surface area (Å²) in [4.78, 5) is 24.2. The Morgan fingerprint density at radius 3 is 2.59 bits per heavy atom. The molecule has 1 heterocycles. The van der Waals surface area contributed by atoms with E-state index in [4.69, 9.17) is 18.9 Å². The molecule has 0 spiro atoms. The van der Waals surface area contributed by atoms with Crippen molar-refractivity contribution in [3.8, 4) is 23.0 Å². The van der Waals surface area contributed by atoms with Crippen molar-refractivity contribution >= 4 is 17.9 Å². The molecular formula is C21H22N2O6. The van der Waals surface area contributed by atoms with Gasteiger partial charge >= 0.3 is 0 Å². The fraction of sp³-hybridized carbons (Fsp3) is 0.238. The summed E-state index contributed by atoms with van der Waals surface area (Å²) >= 11 is 0. The molecule has 0 atom stereocenters. The molecule has 0 aromatic heterocycles. The number of methoxy groups -OCH3 is 1. The van der Waals surface area contributed by atoms with Gasteiger partial charge in [0.1, 0.15) is 0 Å². The van der Waals surface area contributed by atoms with Crippen molar-refractivity contribution in [3.05, 3.63) is 53.6 Å². The van der Waals surface area contributed by atoms with Gasteiger partial charge in [0.15, 0.2) is 23.0 Å². The van der Waals surface area contributed by atoms with Crippen LogP contribution in [0.4, 0.5) is 0 Å². The van der Waals surface area contributed by atoms with Crippen LogP contribution in [-0.4, -0.2) is 31.8 Å². The maximum atomic E-state index is 12.3. The Labute approximate surface area is 168 Å². The molecule has 0 bridgehead atoms. The average Bonchev–Trinajstić information content (AvgIpc) is 3.18. The zero-order valence-electron chi connectivity index (χ0n) is 16.4. The van der Waals surface area contributed by atoms with Gasteiger partial charge in [-0.1, -0.05) is 6.07 Å². The third-order valence-corrected chi connectivity index (χ3v) is 3.91. The number of carbonyl (C=O) groups excluding carboxylic acids is 2. The van der Waals surface area contributed by atoms with E-state index in [9.17, 15) is 9.59 Å². The number of nitrogens with one attached hydrogen (secondary N) is 2. The summed E-state index contributed by atoms with van der Waals surface area (Å²) in [7, 11) is 1.49. The Morgan fingerprint density at radius 2 is 1.83 bits per heavy atom. The van der Waals surface area contributed by atoms with Gasteiger partial charge in [-0.05, 0) is 55.8 Å². The predicted molar refractivity (Wildman–Crippen MR) is 106 cm³/mol. The zero-order chi connectivity index (χ0) is 20.8. The number of hydrogen-bond acceptors (Lipinski definition) is 6. The second-order valence-electron chi connectivity index (χ2n) is 6.42. The van der Waals surface area contributed by atoms with Crippen molar-refractivity contribution < 1.29 is 28.5 Å². The molecule has 8 nitrogen and oxygen atoms in total. The Morgan fingerprint density at radius 1 is 1.03 bits per heavy atom. The van der Waals surface area contributed by atoms with Gasteiger partial charge in [-0.25, -0.2) is 0 Å². The Balaban J connectivity index is 1.56. The van der Waals surface area contributed by atoms with Crippen molar-refractivity contribution in [3.63, 3.8) is 0 Å². The van der Waals surface area contributed by atoms with E-state index in [-0.39, 0.29) is 12.9 Å². The lowest BCUT2D eigenvalue weighted by Crippen LogP contribution is -2.40. The summed E-state index contributed by atoms with van der Waals surface area (Å²) in [5, 5.41) is 0. The van der Waals surface area contributed by atoms with Gasteiger partial charge in [-0.2, -0.15) is 0 Å². The Kier molecular flexibility index (Phi) is 6.23. The summed E-state index contributed by atoms with van der Waals surface area (Å²) in [6.07, 6.45) is 2.88. The standard InChI is InChI=1S/C21H22N2O6/c1-13(2)29-17-8-6-15(11-18(17)26-3)21(25)23-22-20(24)9-5-14-4-7-16-19(10-14)28-12-27-16/h4-11,13H,12H2,1-3H3,(H,22,24)(H,23,25)/b9-5+.